The van der Waals surface area contributed by atoms with Crippen LogP contribution >= 0.6 is 0 Å². The van der Waals surface area contributed by atoms with Gasteiger partial charge in [0.05, 0.1) is 18.1 Å². The molecule has 0 aliphatic carbocycles. The lowest BCUT2D eigenvalue weighted by atomic mass is 10.1. The molecular formula is C17H16N2O. The number of likely N-dealkylation sites (N-methyl/N-ethyl adjacent to an activating group) is 1. The summed E-state index contributed by atoms with van der Waals surface area (Å²) in [6.07, 6.45) is 0.378. The van der Waals surface area contributed by atoms with E-state index in [1.165, 1.54) is 0 Å². The van der Waals surface area contributed by atoms with Crippen LogP contribution in [0.3, 0.4) is 0 Å². The zero-order valence-corrected chi connectivity index (χ0v) is 11.6. The number of hydrogen-bond donors (Lipinski definition) is 0. The lowest BCUT2D eigenvalue weighted by molar-refractivity contribution is -0.117. The minimum absolute atomic E-state index is 0.0315. The van der Waals surface area contributed by atoms with Crippen LogP contribution in [0, 0.1) is 18.3 Å². The van der Waals surface area contributed by atoms with Gasteiger partial charge >= 0.3 is 0 Å². The van der Waals surface area contributed by atoms with Crippen LogP contribution in [0.1, 0.15) is 16.7 Å². The maximum Gasteiger partial charge on any atom is 0.231 e. The van der Waals surface area contributed by atoms with E-state index in [1.807, 2.05) is 31.2 Å². The van der Waals surface area contributed by atoms with Gasteiger partial charge in [-0.15, -0.1) is 0 Å². The van der Waals surface area contributed by atoms with Crippen molar-refractivity contribution in [1.29, 1.82) is 5.26 Å². The van der Waals surface area contributed by atoms with Gasteiger partial charge in [-0.2, -0.15) is 5.26 Å². The highest BCUT2D eigenvalue weighted by atomic mass is 16.2. The van der Waals surface area contributed by atoms with Crippen LogP contribution in [-0.4, -0.2) is 13.0 Å². The molecule has 0 bridgehead atoms. The Morgan fingerprint density at radius 3 is 2.40 bits per heavy atom. The van der Waals surface area contributed by atoms with Crippen molar-refractivity contribution in [3.05, 3.63) is 65.2 Å². The molecule has 20 heavy (non-hydrogen) atoms. The average Bonchev–Trinajstić information content (AvgIpc) is 2.49. The van der Waals surface area contributed by atoms with Crippen LogP contribution in [0.4, 0.5) is 5.69 Å². The smallest absolute Gasteiger partial charge is 0.231 e. The standard InChI is InChI=1S/C17H16N2O/c1-13-5-3-4-6-15(13)11-17(20)19(2)16-9-7-14(12-18)8-10-16/h3-10H,11H2,1-2H3. The van der Waals surface area contributed by atoms with Crippen molar-refractivity contribution >= 4 is 11.6 Å². The van der Waals surface area contributed by atoms with Gasteiger partial charge < -0.3 is 4.90 Å². The lowest BCUT2D eigenvalue weighted by Crippen LogP contribution is -2.28. The second kappa shape index (κ2) is 6.03. The highest BCUT2D eigenvalue weighted by Gasteiger charge is 2.12. The minimum Gasteiger partial charge on any atom is -0.315 e. The maximum atomic E-state index is 12.3. The SMILES string of the molecule is Cc1ccccc1CC(=O)N(C)c1ccc(C#N)cc1. The molecule has 3 nitrogen and oxygen atoms in total. The molecule has 0 aromatic heterocycles. The predicted molar refractivity (Wildman–Crippen MR) is 79.5 cm³/mol. The Morgan fingerprint density at radius 2 is 1.80 bits per heavy atom. The van der Waals surface area contributed by atoms with Crippen LogP contribution in [0.2, 0.25) is 0 Å². The highest BCUT2D eigenvalue weighted by molar-refractivity contribution is 5.94. The molecule has 2 aromatic carbocycles. The van der Waals surface area contributed by atoms with E-state index in [4.69, 9.17) is 5.26 Å². The van der Waals surface area contributed by atoms with Crippen LogP contribution in [0.5, 0.6) is 0 Å². The van der Waals surface area contributed by atoms with Crippen molar-refractivity contribution in [2.24, 2.45) is 0 Å². The van der Waals surface area contributed by atoms with Gasteiger partial charge in [-0.25, -0.2) is 0 Å². The quantitative estimate of drug-likeness (QED) is 0.855. The van der Waals surface area contributed by atoms with Gasteiger partial charge in [0.15, 0.2) is 0 Å². The summed E-state index contributed by atoms with van der Waals surface area (Å²) in [7, 11) is 1.75. The maximum absolute atomic E-state index is 12.3. The monoisotopic (exact) mass is 264 g/mol. The number of carbonyl (C=O) groups excluding carboxylic acids is 1. The normalized spacial score (nSPS) is 9.85. The average molecular weight is 264 g/mol. The van der Waals surface area contributed by atoms with Crippen molar-refractivity contribution in [3.63, 3.8) is 0 Å². The first-order valence-electron chi connectivity index (χ1n) is 6.43. The van der Waals surface area contributed by atoms with E-state index in [0.29, 0.717) is 12.0 Å². The zero-order chi connectivity index (χ0) is 14.5. The van der Waals surface area contributed by atoms with Gasteiger partial charge in [0.25, 0.3) is 0 Å². The van der Waals surface area contributed by atoms with Crippen LogP contribution in [0.25, 0.3) is 0 Å². The van der Waals surface area contributed by atoms with Gasteiger partial charge in [-0.1, -0.05) is 24.3 Å². The van der Waals surface area contributed by atoms with E-state index in [1.54, 1.807) is 36.2 Å². The van der Waals surface area contributed by atoms with Gasteiger partial charge in [0, 0.05) is 12.7 Å². The first-order chi connectivity index (χ1) is 9.61. The summed E-state index contributed by atoms with van der Waals surface area (Å²) in [5.74, 6) is 0.0315. The number of nitrogens with zero attached hydrogens (tertiary/aromatic N) is 2. The van der Waals surface area contributed by atoms with E-state index in [9.17, 15) is 4.79 Å². The molecule has 0 unspecified atom stereocenters. The fourth-order valence-corrected chi connectivity index (χ4v) is 1.99. The zero-order valence-electron chi connectivity index (χ0n) is 11.6. The molecule has 0 N–H and O–H groups in total. The molecule has 2 aromatic rings. The number of carbonyl (C=O) groups is 1. The molecule has 0 aliphatic rings. The van der Waals surface area contributed by atoms with Gasteiger partial charge in [0.2, 0.25) is 5.91 Å². The third kappa shape index (κ3) is 3.04. The molecule has 0 radical (unpaired) electrons. The van der Waals surface area contributed by atoms with Crippen molar-refractivity contribution in [1.82, 2.24) is 0 Å². The van der Waals surface area contributed by atoms with E-state index < -0.39 is 0 Å². The molecule has 0 saturated heterocycles. The molecule has 0 atom stereocenters. The second-order valence-corrected chi connectivity index (χ2v) is 4.71. The van der Waals surface area contributed by atoms with E-state index in [-0.39, 0.29) is 5.91 Å². The number of rotatable bonds is 3. The molecule has 0 fully saturated rings. The number of aryl methyl sites for hydroxylation is 1. The summed E-state index contributed by atoms with van der Waals surface area (Å²) >= 11 is 0. The summed E-state index contributed by atoms with van der Waals surface area (Å²) in [6.45, 7) is 2.00. The molecule has 100 valence electrons. The Labute approximate surface area is 119 Å². The molecule has 0 heterocycles. The van der Waals surface area contributed by atoms with Crippen molar-refractivity contribution in [3.8, 4) is 6.07 Å². The number of benzene rings is 2. The topological polar surface area (TPSA) is 44.1 Å². The largest absolute Gasteiger partial charge is 0.315 e. The summed E-state index contributed by atoms with van der Waals surface area (Å²) < 4.78 is 0. The van der Waals surface area contributed by atoms with E-state index in [2.05, 4.69) is 6.07 Å². The number of anilines is 1. The summed E-state index contributed by atoms with van der Waals surface area (Å²) in [6, 6.07) is 17.0. The number of hydrogen-bond acceptors (Lipinski definition) is 2. The van der Waals surface area contributed by atoms with E-state index in [0.717, 1.165) is 16.8 Å². The Balaban J connectivity index is 2.12. The van der Waals surface area contributed by atoms with Crippen LogP contribution in [-0.2, 0) is 11.2 Å². The predicted octanol–water partition coefficient (Wildman–Crippen LogP) is 3.07. The summed E-state index contributed by atoms with van der Waals surface area (Å²) in [5, 5.41) is 8.77. The first kappa shape index (κ1) is 13.8. The number of nitriles is 1. The lowest BCUT2D eigenvalue weighted by Gasteiger charge is -2.18. The van der Waals surface area contributed by atoms with Crippen LogP contribution < -0.4 is 4.90 Å². The third-order valence-electron chi connectivity index (χ3n) is 3.36. The van der Waals surface area contributed by atoms with Gasteiger partial charge in [0.1, 0.15) is 0 Å². The molecule has 3 heteroatoms. The Bertz CT molecular complexity index is 653. The van der Waals surface area contributed by atoms with E-state index >= 15 is 0 Å². The fourth-order valence-electron chi connectivity index (χ4n) is 1.99. The van der Waals surface area contributed by atoms with Crippen LogP contribution in [0.15, 0.2) is 48.5 Å². The Hall–Kier alpha value is -2.60. The summed E-state index contributed by atoms with van der Waals surface area (Å²) in [4.78, 5) is 13.9. The molecule has 0 spiro atoms. The van der Waals surface area contributed by atoms with Crippen molar-refractivity contribution in [2.75, 3.05) is 11.9 Å². The minimum atomic E-state index is 0.0315. The molecule has 2 rings (SSSR count). The second-order valence-electron chi connectivity index (χ2n) is 4.71. The van der Waals surface area contributed by atoms with Gasteiger partial charge in [-0.05, 0) is 42.3 Å². The fraction of sp³-hybridized carbons (Fsp3) is 0.176. The number of amides is 1. The Kier molecular flexibility index (Phi) is 4.17. The molecular weight excluding hydrogens is 248 g/mol. The summed E-state index contributed by atoms with van der Waals surface area (Å²) in [5.41, 5.74) is 3.54. The van der Waals surface area contributed by atoms with Crippen molar-refractivity contribution < 1.29 is 4.79 Å². The third-order valence-corrected chi connectivity index (χ3v) is 3.36. The molecule has 0 aliphatic heterocycles. The Morgan fingerprint density at radius 1 is 1.15 bits per heavy atom. The highest BCUT2D eigenvalue weighted by Crippen LogP contribution is 2.16. The first-order valence-corrected chi connectivity index (χ1v) is 6.43. The van der Waals surface area contributed by atoms with Crippen molar-refractivity contribution in [2.45, 2.75) is 13.3 Å². The molecule has 0 saturated carbocycles. The van der Waals surface area contributed by atoms with Gasteiger partial charge in [-0.3, -0.25) is 4.79 Å². The molecule has 1 amide bonds.